The molecule has 1 aromatic carbocycles. The van der Waals surface area contributed by atoms with E-state index in [2.05, 4.69) is 21.6 Å². The minimum atomic E-state index is -0.730. The lowest BCUT2D eigenvalue weighted by Gasteiger charge is -2.21. The number of carbonyl (C=O) groups excluding carboxylic acids is 1. The number of rotatable bonds is 5. The van der Waals surface area contributed by atoms with Crippen LogP contribution < -0.4 is 5.32 Å². The number of aromatic nitrogens is 2. The van der Waals surface area contributed by atoms with Crippen molar-refractivity contribution in [2.75, 3.05) is 5.75 Å². The Bertz CT molecular complexity index is 763. The summed E-state index contributed by atoms with van der Waals surface area (Å²) in [6, 6.07) is 7.91. The molecule has 0 atom stereocenters. The van der Waals surface area contributed by atoms with Crippen LogP contribution in [0.15, 0.2) is 33.9 Å². The van der Waals surface area contributed by atoms with Gasteiger partial charge in [0.2, 0.25) is 11.8 Å². The molecule has 1 amide bonds. The monoisotopic (exact) mass is 346 g/mol. The zero-order chi connectivity index (χ0) is 17.0. The molecular weight excluding hydrogens is 331 g/mol. The van der Waals surface area contributed by atoms with Gasteiger partial charge in [-0.3, -0.25) is 4.79 Å². The normalized spacial score (nSPS) is 15.8. The number of nitrogens with zero attached hydrogens (tertiary/aromatic N) is 3. The van der Waals surface area contributed by atoms with Crippen molar-refractivity contribution >= 4 is 17.7 Å². The predicted octanol–water partition coefficient (Wildman–Crippen LogP) is 2.92. The third-order valence-electron chi connectivity index (χ3n) is 3.87. The molecule has 6 nitrogen and oxygen atoms in total. The lowest BCUT2D eigenvalue weighted by molar-refractivity contribution is -0.119. The van der Waals surface area contributed by atoms with Gasteiger partial charge in [0.1, 0.15) is 11.4 Å². The van der Waals surface area contributed by atoms with Gasteiger partial charge in [0.15, 0.2) is 0 Å². The van der Waals surface area contributed by atoms with Gasteiger partial charge in [0.05, 0.1) is 11.8 Å². The topological polar surface area (TPSA) is 91.8 Å². The van der Waals surface area contributed by atoms with E-state index < -0.39 is 5.54 Å². The van der Waals surface area contributed by atoms with Crippen molar-refractivity contribution in [2.24, 2.45) is 0 Å². The summed E-state index contributed by atoms with van der Waals surface area (Å²) in [6.45, 7) is 0. The Morgan fingerprint density at radius 1 is 1.33 bits per heavy atom. The van der Waals surface area contributed by atoms with Crippen LogP contribution in [-0.4, -0.2) is 27.4 Å². The summed E-state index contributed by atoms with van der Waals surface area (Å²) in [6.07, 6.45) is 3.28. The summed E-state index contributed by atoms with van der Waals surface area (Å²) >= 11 is 1.10. The molecule has 3 rings (SSSR count). The van der Waals surface area contributed by atoms with Crippen LogP contribution in [0.25, 0.3) is 11.5 Å². The highest BCUT2D eigenvalue weighted by atomic mass is 32.2. The molecule has 1 N–H and O–H groups in total. The number of carbonyl (C=O) groups is 1. The second-order valence-electron chi connectivity index (χ2n) is 5.62. The number of nitrogens with one attached hydrogen (secondary N) is 1. The summed E-state index contributed by atoms with van der Waals surface area (Å²) in [5.41, 5.74) is -0.124. The van der Waals surface area contributed by atoms with Gasteiger partial charge in [-0.15, -0.1) is 10.2 Å². The fourth-order valence-electron chi connectivity index (χ4n) is 2.65. The molecule has 124 valence electrons. The highest BCUT2D eigenvalue weighted by Crippen LogP contribution is 2.29. The van der Waals surface area contributed by atoms with E-state index in [4.69, 9.17) is 4.42 Å². The van der Waals surface area contributed by atoms with E-state index in [1.165, 1.54) is 12.1 Å². The molecular formula is C16H15FN4O2S. The average Bonchev–Trinajstić information content (AvgIpc) is 3.24. The number of thioether (sulfide) groups is 1. The second kappa shape index (κ2) is 7.01. The van der Waals surface area contributed by atoms with Crippen molar-refractivity contribution in [2.45, 2.75) is 36.4 Å². The van der Waals surface area contributed by atoms with Crippen molar-refractivity contribution in [1.29, 1.82) is 5.26 Å². The summed E-state index contributed by atoms with van der Waals surface area (Å²) in [7, 11) is 0. The van der Waals surface area contributed by atoms with Crippen LogP contribution in [0, 0.1) is 17.1 Å². The smallest absolute Gasteiger partial charge is 0.277 e. The number of benzene rings is 1. The van der Waals surface area contributed by atoms with Gasteiger partial charge in [-0.05, 0) is 49.9 Å². The predicted molar refractivity (Wildman–Crippen MR) is 85.4 cm³/mol. The maximum Gasteiger partial charge on any atom is 0.277 e. The van der Waals surface area contributed by atoms with E-state index in [0.717, 1.165) is 24.6 Å². The van der Waals surface area contributed by atoms with Crippen LogP contribution in [0.4, 0.5) is 4.39 Å². The molecule has 0 unspecified atom stereocenters. The molecule has 1 aliphatic rings. The molecule has 1 aromatic heterocycles. The van der Waals surface area contributed by atoms with Crippen LogP contribution in [0.5, 0.6) is 0 Å². The highest BCUT2D eigenvalue weighted by Gasteiger charge is 2.35. The SMILES string of the molecule is N#CC1(NC(=O)CSc2nnc(-c3ccc(F)cc3)o2)CCCC1. The van der Waals surface area contributed by atoms with Gasteiger partial charge in [0, 0.05) is 5.56 Å². The first-order valence-electron chi connectivity index (χ1n) is 7.55. The van der Waals surface area contributed by atoms with Gasteiger partial charge >= 0.3 is 0 Å². The van der Waals surface area contributed by atoms with E-state index in [-0.39, 0.29) is 28.6 Å². The molecule has 2 aromatic rings. The van der Waals surface area contributed by atoms with E-state index in [9.17, 15) is 14.4 Å². The van der Waals surface area contributed by atoms with Crippen molar-refractivity contribution in [3.05, 3.63) is 30.1 Å². The van der Waals surface area contributed by atoms with Gasteiger partial charge in [-0.1, -0.05) is 11.8 Å². The van der Waals surface area contributed by atoms with Gasteiger partial charge < -0.3 is 9.73 Å². The lowest BCUT2D eigenvalue weighted by Crippen LogP contribution is -2.45. The molecule has 1 fully saturated rings. The highest BCUT2D eigenvalue weighted by molar-refractivity contribution is 7.99. The average molecular weight is 346 g/mol. The van der Waals surface area contributed by atoms with Gasteiger partial charge in [0.25, 0.3) is 5.22 Å². The summed E-state index contributed by atoms with van der Waals surface area (Å²) in [4.78, 5) is 12.0. The zero-order valence-corrected chi connectivity index (χ0v) is 13.6. The number of halogens is 1. The van der Waals surface area contributed by atoms with Gasteiger partial charge in [-0.2, -0.15) is 5.26 Å². The molecule has 0 spiro atoms. The first-order chi connectivity index (χ1) is 11.6. The van der Waals surface area contributed by atoms with Crippen molar-refractivity contribution in [3.8, 4) is 17.5 Å². The Balaban J connectivity index is 1.56. The van der Waals surface area contributed by atoms with Crippen LogP contribution in [0.3, 0.4) is 0 Å². The summed E-state index contributed by atoms with van der Waals surface area (Å²) < 4.78 is 18.4. The maximum atomic E-state index is 12.9. The summed E-state index contributed by atoms with van der Waals surface area (Å²) in [5, 5.41) is 20.1. The van der Waals surface area contributed by atoms with Crippen LogP contribution in [0.1, 0.15) is 25.7 Å². The second-order valence-corrected chi connectivity index (χ2v) is 6.54. The maximum absolute atomic E-state index is 12.9. The number of nitriles is 1. The molecule has 0 aliphatic heterocycles. The molecule has 24 heavy (non-hydrogen) atoms. The first-order valence-corrected chi connectivity index (χ1v) is 8.53. The Hall–Kier alpha value is -2.40. The van der Waals surface area contributed by atoms with Crippen LogP contribution in [-0.2, 0) is 4.79 Å². The summed E-state index contributed by atoms with van der Waals surface area (Å²) in [5.74, 6) is -0.218. The van der Waals surface area contributed by atoms with Crippen LogP contribution >= 0.6 is 11.8 Å². The fourth-order valence-corrected chi connectivity index (χ4v) is 3.21. The molecule has 8 heteroatoms. The van der Waals surface area contributed by atoms with E-state index in [0.29, 0.717) is 18.4 Å². The number of hydrogen-bond acceptors (Lipinski definition) is 6. The van der Waals surface area contributed by atoms with E-state index in [1.807, 2.05) is 0 Å². The number of amides is 1. The van der Waals surface area contributed by atoms with Crippen molar-refractivity contribution in [3.63, 3.8) is 0 Å². The minimum Gasteiger partial charge on any atom is -0.411 e. The molecule has 0 saturated heterocycles. The zero-order valence-electron chi connectivity index (χ0n) is 12.8. The Kier molecular flexibility index (Phi) is 4.81. The standard InChI is InChI=1S/C16H15FN4O2S/c17-12-5-3-11(4-6-12)14-20-21-15(23-14)24-9-13(22)19-16(10-18)7-1-2-8-16/h3-6H,1-2,7-9H2,(H,19,22). The number of hydrogen-bond donors (Lipinski definition) is 1. The Morgan fingerprint density at radius 2 is 2.04 bits per heavy atom. The van der Waals surface area contributed by atoms with E-state index in [1.54, 1.807) is 12.1 Å². The van der Waals surface area contributed by atoms with E-state index >= 15 is 0 Å². The molecule has 1 aliphatic carbocycles. The molecule has 0 bridgehead atoms. The fraction of sp³-hybridized carbons (Fsp3) is 0.375. The Morgan fingerprint density at radius 3 is 2.71 bits per heavy atom. The third-order valence-corrected chi connectivity index (χ3v) is 4.69. The molecule has 0 radical (unpaired) electrons. The molecule has 1 heterocycles. The van der Waals surface area contributed by atoms with Gasteiger partial charge in [-0.25, -0.2) is 4.39 Å². The first kappa shape index (κ1) is 16.5. The van der Waals surface area contributed by atoms with Crippen molar-refractivity contribution < 1.29 is 13.6 Å². The quantitative estimate of drug-likeness (QED) is 0.837. The van der Waals surface area contributed by atoms with Crippen LogP contribution in [0.2, 0.25) is 0 Å². The third kappa shape index (κ3) is 3.74. The minimum absolute atomic E-state index is 0.0917. The lowest BCUT2D eigenvalue weighted by atomic mass is 10.0. The molecule has 1 saturated carbocycles. The van der Waals surface area contributed by atoms with Crippen molar-refractivity contribution in [1.82, 2.24) is 15.5 Å². The largest absolute Gasteiger partial charge is 0.411 e. The Labute approximate surface area is 142 Å².